The van der Waals surface area contributed by atoms with Gasteiger partial charge in [-0.05, 0) is 42.8 Å². The Kier molecular flexibility index (Phi) is 3.28. The average molecular weight is 298 g/mol. The van der Waals surface area contributed by atoms with Gasteiger partial charge in [-0.25, -0.2) is 4.98 Å². The molecule has 0 aliphatic carbocycles. The third kappa shape index (κ3) is 2.44. The standard InChI is InChI=1S/C16H12ClN3O/c1-10-11(7-13(9-18)20(10)2)3-6-16-19-14-8-12(17)4-5-15(14)21-16/h3-8H,1-2H3/b6-3+. The van der Waals surface area contributed by atoms with E-state index in [0.717, 1.165) is 16.8 Å². The number of nitrogens with zero attached hydrogens (tertiary/aromatic N) is 3. The van der Waals surface area contributed by atoms with Gasteiger partial charge in [0, 0.05) is 23.8 Å². The Hall–Kier alpha value is -2.51. The largest absolute Gasteiger partial charge is 0.437 e. The van der Waals surface area contributed by atoms with E-state index in [2.05, 4.69) is 11.1 Å². The molecule has 0 aliphatic rings. The smallest absolute Gasteiger partial charge is 0.220 e. The molecule has 21 heavy (non-hydrogen) atoms. The van der Waals surface area contributed by atoms with Gasteiger partial charge >= 0.3 is 0 Å². The molecule has 0 amide bonds. The van der Waals surface area contributed by atoms with Gasteiger partial charge in [0.1, 0.15) is 17.3 Å². The van der Waals surface area contributed by atoms with E-state index in [0.29, 0.717) is 22.2 Å². The zero-order valence-corrected chi connectivity index (χ0v) is 12.3. The van der Waals surface area contributed by atoms with E-state index in [9.17, 15) is 0 Å². The van der Waals surface area contributed by atoms with E-state index in [-0.39, 0.29) is 0 Å². The first kappa shape index (κ1) is 13.5. The first-order chi connectivity index (χ1) is 10.1. The van der Waals surface area contributed by atoms with Crippen LogP contribution in [0.4, 0.5) is 0 Å². The fourth-order valence-electron chi connectivity index (χ4n) is 2.15. The number of hydrogen-bond donors (Lipinski definition) is 0. The molecule has 0 aliphatic heterocycles. The molecule has 104 valence electrons. The van der Waals surface area contributed by atoms with Gasteiger partial charge in [0.05, 0.1) is 0 Å². The van der Waals surface area contributed by atoms with Crippen LogP contribution < -0.4 is 0 Å². The second-order valence-corrected chi connectivity index (χ2v) is 5.18. The molecule has 3 aromatic rings. The molecule has 0 N–H and O–H groups in total. The molecule has 0 radical (unpaired) electrons. The monoisotopic (exact) mass is 297 g/mol. The Morgan fingerprint density at radius 3 is 2.86 bits per heavy atom. The Bertz CT molecular complexity index is 896. The van der Waals surface area contributed by atoms with Crippen LogP contribution in [0.25, 0.3) is 23.3 Å². The van der Waals surface area contributed by atoms with Gasteiger partial charge in [-0.1, -0.05) is 11.6 Å². The van der Waals surface area contributed by atoms with Gasteiger partial charge in [-0.2, -0.15) is 5.26 Å². The highest BCUT2D eigenvalue weighted by atomic mass is 35.5. The summed E-state index contributed by atoms with van der Waals surface area (Å²) in [5, 5.41) is 9.65. The predicted octanol–water partition coefficient (Wildman–Crippen LogP) is 4.17. The number of nitriles is 1. The molecule has 2 aromatic heterocycles. The third-order valence-corrected chi connectivity index (χ3v) is 3.70. The van der Waals surface area contributed by atoms with E-state index < -0.39 is 0 Å². The highest BCUT2D eigenvalue weighted by Gasteiger charge is 2.07. The molecule has 0 unspecified atom stereocenters. The predicted molar refractivity (Wildman–Crippen MR) is 82.8 cm³/mol. The van der Waals surface area contributed by atoms with Crippen molar-refractivity contribution in [3.8, 4) is 6.07 Å². The van der Waals surface area contributed by atoms with Crippen molar-refractivity contribution in [2.45, 2.75) is 6.92 Å². The molecule has 5 heteroatoms. The molecule has 0 saturated carbocycles. The van der Waals surface area contributed by atoms with Crippen LogP contribution in [0, 0.1) is 18.3 Å². The fourth-order valence-corrected chi connectivity index (χ4v) is 2.32. The van der Waals surface area contributed by atoms with E-state index in [1.165, 1.54) is 0 Å². The number of halogens is 1. The van der Waals surface area contributed by atoms with E-state index >= 15 is 0 Å². The maximum absolute atomic E-state index is 9.02. The summed E-state index contributed by atoms with van der Waals surface area (Å²) < 4.78 is 7.47. The van der Waals surface area contributed by atoms with Gasteiger partial charge in [-0.3, -0.25) is 0 Å². The van der Waals surface area contributed by atoms with Gasteiger partial charge in [0.2, 0.25) is 5.89 Å². The summed E-state index contributed by atoms with van der Waals surface area (Å²) in [6.07, 6.45) is 3.68. The van der Waals surface area contributed by atoms with Gasteiger partial charge in [-0.15, -0.1) is 0 Å². The average Bonchev–Trinajstić information content (AvgIpc) is 2.99. The molecule has 0 spiro atoms. The SMILES string of the molecule is Cc1c(/C=C/c2nc3cc(Cl)ccc3o2)cc(C#N)n1C. The zero-order chi connectivity index (χ0) is 15.0. The lowest BCUT2D eigenvalue weighted by molar-refractivity contribution is 0.589. The Morgan fingerprint density at radius 1 is 1.33 bits per heavy atom. The maximum Gasteiger partial charge on any atom is 0.220 e. The van der Waals surface area contributed by atoms with Gasteiger partial charge < -0.3 is 8.98 Å². The van der Waals surface area contributed by atoms with Crippen molar-refractivity contribution in [3.05, 3.63) is 52.1 Å². The van der Waals surface area contributed by atoms with Crippen LogP contribution in [0.15, 0.2) is 28.7 Å². The molecule has 2 heterocycles. The molecule has 0 atom stereocenters. The molecule has 0 saturated heterocycles. The zero-order valence-electron chi connectivity index (χ0n) is 11.6. The van der Waals surface area contributed by atoms with Gasteiger partial charge in [0.25, 0.3) is 0 Å². The minimum absolute atomic E-state index is 0.508. The molecule has 3 rings (SSSR count). The first-order valence-corrected chi connectivity index (χ1v) is 6.77. The highest BCUT2D eigenvalue weighted by Crippen LogP contribution is 2.22. The maximum atomic E-state index is 9.02. The van der Waals surface area contributed by atoms with Crippen LogP contribution in [0.5, 0.6) is 0 Å². The van der Waals surface area contributed by atoms with E-state index in [1.807, 2.05) is 30.7 Å². The second-order valence-electron chi connectivity index (χ2n) is 4.74. The quantitative estimate of drug-likeness (QED) is 0.713. The number of hydrogen-bond acceptors (Lipinski definition) is 3. The highest BCUT2D eigenvalue weighted by molar-refractivity contribution is 6.31. The van der Waals surface area contributed by atoms with Crippen LogP contribution in [-0.4, -0.2) is 9.55 Å². The van der Waals surface area contributed by atoms with Crippen LogP contribution in [-0.2, 0) is 7.05 Å². The molecule has 0 fully saturated rings. The lowest BCUT2D eigenvalue weighted by Gasteiger charge is -1.97. The first-order valence-electron chi connectivity index (χ1n) is 6.39. The topological polar surface area (TPSA) is 54.8 Å². The summed E-state index contributed by atoms with van der Waals surface area (Å²) in [4.78, 5) is 4.36. The Labute approximate surface area is 126 Å². The van der Waals surface area contributed by atoms with Crippen LogP contribution in [0.3, 0.4) is 0 Å². The number of rotatable bonds is 2. The minimum atomic E-state index is 0.508. The van der Waals surface area contributed by atoms with Crippen molar-refractivity contribution in [2.24, 2.45) is 7.05 Å². The van der Waals surface area contributed by atoms with Crippen molar-refractivity contribution < 1.29 is 4.42 Å². The van der Waals surface area contributed by atoms with E-state index in [4.69, 9.17) is 21.3 Å². The summed E-state index contributed by atoms with van der Waals surface area (Å²) in [7, 11) is 1.87. The van der Waals surface area contributed by atoms with Crippen LogP contribution in [0.2, 0.25) is 5.02 Å². The van der Waals surface area contributed by atoms with Gasteiger partial charge in [0.15, 0.2) is 5.58 Å². The van der Waals surface area contributed by atoms with Crippen molar-refractivity contribution in [1.29, 1.82) is 5.26 Å². The van der Waals surface area contributed by atoms with Crippen molar-refractivity contribution in [3.63, 3.8) is 0 Å². The van der Waals surface area contributed by atoms with Crippen LogP contribution >= 0.6 is 11.6 Å². The second kappa shape index (κ2) is 5.12. The summed E-state index contributed by atoms with van der Waals surface area (Å²) in [5.41, 5.74) is 4.03. The molecular weight excluding hydrogens is 286 g/mol. The number of oxazole rings is 1. The number of benzene rings is 1. The number of fused-ring (bicyclic) bond motifs is 1. The fraction of sp³-hybridized carbons (Fsp3) is 0.125. The lowest BCUT2D eigenvalue weighted by atomic mass is 10.2. The Balaban J connectivity index is 1.96. The van der Waals surface area contributed by atoms with Crippen LogP contribution in [0.1, 0.15) is 22.8 Å². The summed E-state index contributed by atoms with van der Waals surface area (Å²) in [6, 6.07) is 9.32. The molecule has 4 nitrogen and oxygen atoms in total. The molecule has 0 bridgehead atoms. The number of aromatic nitrogens is 2. The van der Waals surface area contributed by atoms with Crippen molar-refractivity contribution >= 4 is 34.9 Å². The summed E-state index contributed by atoms with van der Waals surface area (Å²) in [5.74, 6) is 0.508. The van der Waals surface area contributed by atoms with Crippen molar-refractivity contribution in [2.75, 3.05) is 0 Å². The van der Waals surface area contributed by atoms with E-state index in [1.54, 1.807) is 24.3 Å². The Morgan fingerprint density at radius 2 is 2.14 bits per heavy atom. The van der Waals surface area contributed by atoms with Crippen molar-refractivity contribution in [1.82, 2.24) is 9.55 Å². The minimum Gasteiger partial charge on any atom is -0.437 e. The summed E-state index contributed by atoms with van der Waals surface area (Å²) >= 11 is 5.92. The third-order valence-electron chi connectivity index (χ3n) is 3.46. The molecular formula is C16H12ClN3O. The lowest BCUT2D eigenvalue weighted by Crippen LogP contribution is -1.93. The summed E-state index contributed by atoms with van der Waals surface area (Å²) in [6.45, 7) is 1.96. The normalized spacial score (nSPS) is 11.3. The molecule has 1 aromatic carbocycles.